The van der Waals surface area contributed by atoms with Gasteiger partial charge in [0.2, 0.25) is 5.82 Å². The molecule has 0 atom stereocenters. The number of pyridine rings is 2. The van der Waals surface area contributed by atoms with Gasteiger partial charge in [-0.3, -0.25) is 14.6 Å². The maximum atomic E-state index is 13.0. The molecule has 4 aromatic heterocycles. The fraction of sp³-hybridized carbons (Fsp3) is 0.308. The Morgan fingerprint density at radius 3 is 2.56 bits per heavy atom. The van der Waals surface area contributed by atoms with Crippen LogP contribution in [0.3, 0.4) is 0 Å². The number of tetrazole rings is 1. The molecule has 0 bridgehead atoms. The van der Waals surface area contributed by atoms with Crippen LogP contribution < -0.4 is 25.8 Å². The van der Waals surface area contributed by atoms with E-state index in [1.165, 1.54) is 28.7 Å². The van der Waals surface area contributed by atoms with Crippen LogP contribution in [0.2, 0.25) is 0 Å². The minimum atomic E-state index is -0.207. The molecule has 0 saturated carbocycles. The van der Waals surface area contributed by atoms with Crippen molar-refractivity contribution in [1.29, 1.82) is 0 Å². The molecule has 1 aliphatic heterocycles. The molecule has 13 heteroatoms. The molecule has 39 heavy (non-hydrogen) atoms. The van der Waals surface area contributed by atoms with Gasteiger partial charge in [-0.2, -0.15) is 4.80 Å². The van der Waals surface area contributed by atoms with Crippen molar-refractivity contribution >= 4 is 39.7 Å². The van der Waals surface area contributed by atoms with Gasteiger partial charge in [0.25, 0.3) is 5.56 Å². The summed E-state index contributed by atoms with van der Waals surface area (Å²) in [5.74, 6) is 2.13. The molecule has 5 aromatic rings. The summed E-state index contributed by atoms with van der Waals surface area (Å²) in [7, 11) is 4.93. The molecular weight excluding hydrogens is 498 g/mol. The van der Waals surface area contributed by atoms with E-state index in [1.54, 1.807) is 27.3 Å². The van der Waals surface area contributed by atoms with Gasteiger partial charge in [-0.25, -0.2) is 9.97 Å². The van der Waals surface area contributed by atoms with Crippen molar-refractivity contribution in [3.63, 3.8) is 0 Å². The number of rotatable bonds is 7. The molecule has 0 spiro atoms. The average Bonchev–Trinajstić information content (AvgIpc) is 3.51. The molecule has 0 aliphatic carbocycles. The first kappa shape index (κ1) is 24.4. The Morgan fingerprint density at radius 2 is 1.85 bits per heavy atom. The number of hydrogen-bond donors (Lipinski definition) is 3. The smallest absolute Gasteiger partial charge is 0.277 e. The average molecular weight is 528 g/mol. The topological polar surface area (TPSA) is 144 Å². The zero-order chi connectivity index (χ0) is 26.9. The molecule has 0 unspecified atom stereocenters. The first-order valence-corrected chi connectivity index (χ1v) is 12.8. The van der Waals surface area contributed by atoms with Gasteiger partial charge >= 0.3 is 0 Å². The van der Waals surface area contributed by atoms with Gasteiger partial charge in [-0.1, -0.05) is 6.07 Å². The number of aromatic nitrogens is 8. The number of nitrogens with one attached hydrogen (secondary N) is 3. The van der Waals surface area contributed by atoms with Gasteiger partial charge < -0.3 is 20.3 Å². The van der Waals surface area contributed by atoms with E-state index in [2.05, 4.69) is 52.1 Å². The number of anilines is 5. The Kier molecular flexibility index (Phi) is 6.31. The number of ether oxygens (including phenoxy) is 1. The molecule has 1 aromatic carbocycles. The Morgan fingerprint density at radius 1 is 1.00 bits per heavy atom. The van der Waals surface area contributed by atoms with E-state index in [0.717, 1.165) is 18.8 Å². The Balaban J connectivity index is 1.35. The second kappa shape index (κ2) is 10.1. The van der Waals surface area contributed by atoms with E-state index in [9.17, 15) is 4.79 Å². The summed E-state index contributed by atoms with van der Waals surface area (Å²) < 4.78 is 7.13. The first-order chi connectivity index (χ1) is 19.0. The van der Waals surface area contributed by atoms with Crippen LogP contribution in [0.4, 0.5) is 28.7 Å². The van der Waals surface area contributed by atoms with Crippen molar-refractivity contribution in [2.75, 3.05) is 35.7 Å². The molecule has 5 heterocycles. The normalized spacial score (nSPS) is 13.6. The van der Waals surface area contributed by atoms with Gasteiger partial charge in [0.05, 0.1) is 43.0 Å². The quantitative estimate of drug-likeness (QED) is 0.288. The largest absolute Gasteiger partial charge is 0.494 e. The van der Waals surface area contributed by atoms with E-state index in [1.807, 2.05) is 30.5 Å². The lowest BCUT2D eigenvalue weighted by atomic mass is 10.1. The molecule has 1 aliphatic rings. The van der Waals surface area contributed by atoms with E-state index >= 15 is 0 Å². The molecule has 13 nitrogen and oxygen atoms in total. The number of nitrogens with zero attached hydrogens (tertiary/aromatic N) is 8. The number of hydrogen-bond acceptors (Lipinski definition) is 10. The van der Waals surface area contributed by atoms with E-state index in [0.29, 0.717) is 51.2 Å². The maximum absolute atomic E-state index is 13.0. The Bertz CT molecular complexity index is 1680. The third-order valence-corrected chi connectivity index (χ3v) is 6.77. The number of methoxy groups -OCH3 is 1. The highest BCUT2D eigenvalue weighted by Crippen LogP contribution is 2.37. The van der Waals surface area contributed by atoms with Crippen LogP contribution in [-0.4, -0.2) is 60.2 Å². The van der Waals surface area contributed by atoms with Crippen LogP contribution in [0, 0.1) is 0 Å². The lowest BCUT2D eigenvalue weighted by molar-refractivity contribution is 0.418. The predicted molar refractivity (Wildman–Crippen MR) is 149 cm³/mol. The summed E-state index contributed by atoms with van der Waals surface area (Å²) in [6.45, 7) is 2.11. The first-order valence-electron chi connectivity index (χ1n) is 12.8. The fourth-order valence-electron chi connectivity index (χ4n) is 4.88. The lowest BCUT2D eigenvalue weighted by Crippen LogP contribution is -2.29. The van der Waals surface area contributed by atoms with Crippen molar-refractivity contribution in [3.8, 4) is 17.1 Å². The molecule has 1 saturated heterocycles. The Hall–Kier alpha value is -4.94. The van der Waals surface area contributed by atoms with E-state index in [4.69, 9.17) is 4.74 Å². The van der Waals surface area contributed by atoms with Crippen molar-refractivity contribution < 1.29 is 4.74 Å². The number of H-pyrrole nitrogens is 1. The van der Waals surface area contributed by atoms with E-state index < -0.39 is 0 Å². The van der Waals surface area contributed by atoms with E-state index in [-0.39, 0.29) is 5.56 Å². The standard InChI is InChI=1S/C26H29N11O2/c1-35-26(38)22-19(28-18-9-7-8-17(23(18)39-3)24-31-34-36(2)33-24)14-21(30-25(22)32-35)29-20-11-10-16(15-27-20)37-12-5-4-6-13-37/h7-11,14-15H,4-6,12-13H2,1-3H3,(H3,27,28,29,30,32). The number of aromatic amines is 1. The monoisotopic (exact) mass is 527 g/mol. The molecule has 1 fully saturated rings. The zero-order valence-electron chi connectivity index (χ0n) is 22.0. The van der Waals surface area contributed by atoms with Crippen LogP contribution in [0.25, 0.3) is 22.4 Å². The van der Waals surface area contributed by atoms with Crippen molar-refractivity contribution in [3.05, 3.63) is 52.9 Å². The number of benzene rings is 1. The van der Waals surface area contributed by atoms with Crippen molar-refractivity contribution in [1.82, 2.24) is 40.0 Å². The highest BCUT2D eigenvalue weighted by Gasteiger charge is 2.19. The molecule has 0 radical (unpaired) electrons. The van der Waals surface area contributed by atoms with Crippen LogP contribution in [0.15, 0.2) is 47.4 Å². The SMILES string of the molecule is COc1c(Nc2cc(Nc3ccc(N4CCCCC4)cn3)nc3[nH]n(C)c(=O)c23)cccc1-c1nnn(C)n1. The van der Waals surface area contributed by atoms with Crippen molar-refractivity contribution in [2.24, 2.45) is 14.1 Å². The molecule has 200 valence electrons. The summed E-state index contributed by atoms with van der Waals surface area (Å²) in [5.41, 5.74) is 3.19. The fourth-order valence-corrected chi connectivity index (χ4v) is 4.88. The van der Waals surface area contributed by atoms with Gasteiger partial charge in [-0.15, -0.1) is 10.2 Å². The summed E-state index contributed by atoms with van der Waals surface area (Å²) in [6.07, 6.45) is 5.57. The maximum Gasteiger partial charge on any atom is 0.277 e. The molecule has 6 rings (SSSR count). The summed E-state index contributed by atoms with van der Waals surface area (Å²) >= 11 is 0. The molecule has 0 amide bonds. The van der Waals surface area contributed by atoms with Gasteiger partial charge in [0.1, 0.15) is 17.0 Å². The van der Waals surface area contributed by atoms with Crippen LogP contribution in [-0.2, 0) is 14.1 Å². The molecular formula is C26H29N11O2. The predicted octanol–water partition coefficient (Wildman–Crippen LogP) is 3.33. The lowest BCUT2D eigenvalue weighted by Gasteiger charge is -2.28. The van der Waals surface area contributed by atoms with Gasteiger partial charge in [-0.05, 0) is 48.7 Å². The number of piperidine rings is 1. The summed E-state index contributed by atoms with van der Waals surface area (Å²) in [5, 5.41) is 22.4. The van der Waals surface area contributed by atoms with Gasteiger partial charge in [0, 0.05) is 26.2 Å². The summed E-state index contributed by atoms with van der Waals surface area (Å²) in [6, 6.07) is 11.4. The minimum absolute atomic E-state index is 0.207. The zero-order valence-corrected chi connectivity index (χ0v) is 22.0. The summed E-state index contributed by atoms with van der Waals surface area (Å²) in [4.78, 5) is 26.0. The Labute approximate surface area is 223 Å². The van der Waals surface area contributed by atoms with Gasteiger partial charge in [0.15, 0.2) is 11.4 Å². The minimum Gasteiger partial charge on any atom is -0.494 e. The third kappa shape index (κ3) is 4.74. The number of aryl methyl sites for hydroxylation is 2. The molecule has 3 N–H and O–H groups in total. The van der Waals surface area contributed by atoms with Crippen LogP contribution in [0.5, 0.6) is 5.75 Å². The van der Waals surface area contributed by atoms with Crippen molar-refractivity contribution in [2.45, 2.75) is 19.3 Å². The number of para-hydroxylation sites is 1. The second-order valence-corrected chi connectivity index (χ2v) is 9.44. The second-order valence-electron chi connectivity index (χ2n) is 9.44. The van der Waals surface area contributed by atoms with Crippen LogP contribution >= 0.6 is 0 Å². The third-order valence-electron chi connectivity index (χ3n) is 6.77. The highest BCUT2D eigenvalue weighted by molar-refractivity contribution is 5.94. The van der Waals surface area contributed by atoms with Crippen LogP contribution in [0.1, 0.15) is 19.3 Å². The number of fused-ring (bicyclic) bond motifs is 1. The highest BCUT2D eigenvalue weighted by atomic mass is 16.5.